The zero-order valence-electron chi connectivity index (χ0n) is 16.6. The molecule has 2 heterocycles. The van der Waals surface area contributed by atoms with Gasteiger partial charge >= 0.3 is 0 Å². The molecule has 2 aromatic carbocycles. The van der Waals surface area contributed by atoms with Gasteiger partial charge in [0.2, 0.25) is 5.91 Å². The van der Waals surface area contributed by atoms with Gasteiger partial charge in [0.05, 0.1) is 13.0 Å². The first-order chi connectivity index (χ1) is 14.0. The third-order valence-electron chi connectivity index (χ3n) is 5.04. The minimum Gasteiger partial charge on any atom is -0.494 e. The van der Waals surface area contributed by atoms with E-state index in [-0.39, 0.29) is 24.0 Å². The van der Waals surface area contributed by atoms with Crippen LogP contribution in [0.4, 0.5) is 0 Å². The lowest BCUT2D eigenvalue weighted by Gasteiger charge is -2.13. The monoisotopic (exact) mass is 392 g/mol. The highest BCUT2D eigenvalue weighted by atomic mass is 16.5. The number of carbonyl (C=O) groups is 1. The van der Waals surface area contributed by atoms with Gasteiger partial charge in [-0.3, -0.25) is 9.59 Å². The maximum absolute atomic E-state index is 12.5. The van der Waals surface area contributed by atoms with E-state index >= 15 is 0 Å². The van der Waals surface area contributed by atoms with Crippen molar-refractivity contribution in [3.63, 3.8) is 0 Å². The number of aromatic amines is 1. The van der Waals surface area contributed by atoms with Crippen LogP contribution in [0, 0.1) is 0 Å². The molecular weight excluding hydrogens is 368 g/mol. The molecule has 1 aromatic heterocycles. The van der Waals surface area contributed by atoms with Crippen LogP contribution in [0.1, 0.15) is 30.5 Å². The first-order valence-corrected chi connectivity index (χ1v) is 9.86. The van der Waals surface area contributed by atoms with Crippen LogP contribution in [0.5, 0.6) is 11.5 Å². The molecule has 0 saturated carbocycles. The lowest BCUT2D eigenvalue weighted by molar-refractivity contribution is -0.120. The Bertz CT molecular complexity index is 1120. The molecule has 0 aliphatic carbocycles. The summed E-state index contributed by atoms with van der Waals surface area (Å²) in [5.74, 6) is 1.38. The van der Waals surface area contributed by atoms with Crippen LogP contribution in [-0.2, 0) is 24.2 Å². The third kappa shape index (κ3) is 4.11. The van der Waals surface area contributed by atoms with E-state index in [0.29, 0.717) is 18.7 Å². The molecule has 1 unspecified atom stereocenters. The number of carbonyl (C=O) groups excluding carboxylic acids is 1. The van der Waals surface area contributed by atoms with Crippen LogP contribution in [0.2, 0.25) is 0 Å². The topological polar surface area (TPSA) is 80.4 Å². The summed E-state index contributed by atoms with van der Waals surface area (Å²) >= 11 is 0. The van der Waals surface area contributed by atoms with E-state index in [1.807, 2.05) is 50.2 Å². The van der Waals surface area contributed by atoms with Crippen molar-refractivity contribution in [1.29, 1.82) is 0 Å². The third-order valence-corrected chi connectivity index (χ3v) is 5.04. The second kappa shape index (κ2) is 7.99. The maximum Gasteiger partial charge on any atom is 0.252 e. The molecule has 1 aliphatic heterocycles. The fraction of sp³-hybridized carbons (Fsp3) is 0.304. The standard InChI is InChI=1S/C23H24N2O4/c1-3-28-20-10-16-8-14(2)29-21(16)11-18(20)13-24-22(26)12-17-9-15-6-4-5-7-19(15)25-23(17)27/h4-7,9-11,14H,3,8,12-13H2,1-2H3,(H,24,26)(H,25,27). The smallest absolute Gasteiger partial charge is 0.252 e. The van der Waals surface area contributed by atoms with Crippen LogP contribution in [-0.4, -0.2) is 23.6 Å². The molecule has 2 N–H and O–H groups in total. The van der Waals surface area contributed by atoms with E-state index in [4.69, 9.17) is 9.47 Å². The molecule has 0 spiro atoms. The number of hydrogen-bond donors (Lipinski definition) is 2. The predicted octanol–water partition coefficient (Wildman–Crippen LogP) is 3.11. The molecular formula is C23H24N2O4. The molecule has 0 bridgehead atoms. The summed E-state index contributed by atoms with van der Waals surface area (Å²) in [6.07, 6.45) is 1.01. The second-order valence-corrected chi connectivity index (χ2v) is 7.30. The van der Waals surface area contributed by atoms with Gasteiger partial charge in [-0.15, -0.1) is 0 Å². The average Bonchev–Trinajstić information content (AvgIpc) is 3.06. The van der Waals surface area contributed by atoms with Gasteiger partial charge in [0.25, 0.3) is 5.56 Å². The highest BCUT2D eigenvalue weighted by Crippen LogP contribution is 2.35. The van der Waals surface area contributed by atoms with Crippen molar-refractivity contribution in [3.05, 3.63) is 69.5 Å². The van der Waals surface area contributed by atoms with Gasteiger partial charge in [-0.25, -0.2) is 0 Å². The van der Waals surface area contributed by atoms with Crippen LogP contribution in [0.3, 0.4) is 0 Å². The molecule has 6 nitrogen and oxygen atoms in total. The molecule has 150 valence electrons. The fourth-order valence-corrected chi connectivity index (χ4v) is 3.66. The average molecular weight is 392 g/mol. The Balaban J connectivity index is 1.48. The summed E-state index contributed by atoms with van der Waals surface area (Å²) in [6.45, 7) is 4.82. The minimum absolute atomic E-state index is 0.0165. The number of para-hydroxylation sites is 1. The van der Waals surface area contributed by atoms with Crippen LogP contribution >= 0.6 is 0 Å². The number of hydrogen-bond acceptors (Lipinski definition) is 4. The lowest BCUT2D eigenvalue weighted by Crippen LogP contribution is -2.27. The number of H-pyrrole nitrogens is 1. The van der Waals surface area contributed by atoms with Crippen molar-refractivity contribution >= 4 is 16.8 Å². The number of aromatic nitrogens is 1. The van der Waals surface area contributed by atoms with E-state index in [1.165, 1.54) is 0 Å². The largest absolute Gasteiger partial charge is 0.494 e. The quantitative estimate of drug-likeness (QED) is 0.676. The Labute approximate surface area is 168 Å². The zero-order chi connectivity index (χ0) is 20.4. The first kappa shape index (κ1) is 19.1. The van der Waals surface area contributed by atoms with Crippen molar-refractivity contribution in [3.8, 4) is 11.5 Å². The molecule has 1 amide bonds. The molecule has 1 atom stereocenters. The van der Waals surface area contributed by atoms with Crippen molar-refractivity contribution in [2.75, 3.05) is 6.61 Å². The Morgan fingerprint density at radius 1 is 1.24 bits per heavy atom. The van der Waals surface area contributed by atoms with Gasteiger partial charge in [0.15, 0.2) is 0 Å². The summed E-state index contributed by atoms with van der Waals surface area (Å²) in [7, 11) is 0. The molecule has 29 heavy (non-hydrogen) atoms. The van der Waals surface area contributed by atoms with E-state index in [2.05, 4.69) is 10.3 Å². The number of ether oxygens (including phenoxy) is 2. The fourth-order valence-electron chi connectivity index (χ4n) is 3.66. The number of amides is 1. The number of pyridine rings is 1. The normalized spacial score (nSPS) is 15.0. The zero-order valence-corrected chi connectivity index (χ0v) is 16.6. The van der Waals surface area contributed by atoms with Gasteiger partial charge < -0.3 is 19.8 Å². The van der Waals surface area contributed by atoms with E-state index in [0.717, 1.165) is 39.9 Å². The summed E-state index contributed by atoms with van der Waals surface area (Å²) < 4.78 is 11.6. The van der Waals surface area contributed by atoms with Gasteiger partial charge in [-0.05, 0) is 43.5 Å². The van der Waals surface area contributed by atoms with E-state index in [9.17, 15) is 9.59 Å². The maximum atomic E-state index is 12.5. The molecule has 0 radical (unpaired) electrons. The lowest BCUT2D eigenvalue weighted by atomic mass is 10.1. The number of nitrogens with one attached hydrogen (secondary N) is 2. The number of rotatable bonds is 6. The first-order valence-electron chi connectivity index (χ1n) is 9.86. The molecule has 0 saturated heterocycles. The second-order valence-electron chi connectivity index (χ2n) is 7.30. The van der Waals surface area contributed by atoms with Crippen LogP contribution < -0.4 is 20.3 Å². The molecule has 6 heteroatoms. The number of fused-ring (bicyclic) bond motifs is 2. The van der Waals surface area contributed by atoms with Crippen LogP contribution in [0.25, 0.3) is 10.9 Å². The summed E-state index contributed by atoms with van der Waals surface area (Å²) in [5.41, 5.74) is 2.95. The van der Waals surface area contributed by atoms with E-state index in [1.54, 1.807) is 6.07 Å². The summed E-state index contributed by atoms with van der Waals surface area (Å²) in [5, 5.41) is 3.80. The van der Waals surface area contributed by atoms with Crippen molar-refractivity contribution in [1.82, 2.24) is 10.3 Å². The summed E-state index contributed by atoms with van der Waals surface area (Å²) in [4.78, 5) is 27.6. The summed E-state index contributed by atoms with van der Waals surface area (Å²) in [6, 6.07) is 13.2. The molecule has 3 aromatic rings. The van der Waals surface area contributed by atoms with Gasteiger partial charge in [0.1, 0.15) is 17.6 Å². The SMILES string of the molecule is CCOc1cc2c(cc1CNC(=O)Cc1cc3ccccc3[nH]c1=O)OC(C)C2. The minimum atomic E-state index is -0.242. The van der Waals surface area contributed by atoms with Gasteiger partial charge in [-0.1, -0.05) is 18.2 Å². The van der Waals surface area contributed by atoms with Crippen molar-refractivity contribution in [2.24, 2.45) is 0 Å². The van der Waals surface area contributed by atoms with Gasteiger partial charge in [-0.2, -0.15) is 0 Å². The van der Waals surface area contributed by atoms with Crippen LogP contribution in [0.15, 0.2) is 47.3 Å². The van der Waals surface area contributed by atoms with Gasteiger partial charge in [0, 0.05) is 35.2 Å². The highest BCUT2D eigenvalue weighted by molar-refractivity contribution is 5.82. The predicted molar refractivity (Wildman–Crippen MR) is 112 cm³/mol. The Morgan fingerprint density at radius 3 is 2.90 bits per heavy atom. The highest BCUT2D eigenvalue weighted by Gasteiger charge is 2.22. The van der Waals surface area contributed by atoms with Crippen molar-refractivity contribution < 1.29 is 14.3 Å². The molecule has 0 fully saturated rings. The Morgan fingerprint density at radius 2 is 2.07 bits per heavy atom. The molecule has 4 rings (SSSR count). The van der Waals surface area contributed by atoms with E-state index < -0.39 is 0 Å². The molecule has 1 aliphatic rings. The van der Waals surface area contributed by atoms with Crippen molar-refractivity contribution in [2.45, 2.75) is 39.3 Å². The Kier molecular flexibility index (Phi) is 5.25. The Hall–Kier alpha value is -3.28. The number of benzene rings is 2.